The maximum atomic E-state index is 13.2. The van der Waals surface area contributed by atoms with Crippen LogP contribution < -0.4 is 16.2 Å². The minimum absolute atomic E-state index is 0.169. The fourth-order valence-electron chi connectivity index (χ4n) is 4.80. The zero-order valence-electron chi connectivity index (χ0n) is 21.7. The maximum absolute atomic E-state index is 13.2. The molecule has 0 bridgehead atoms. The maximum Gasteiger partial charge on any atom is 0.409 e. The number of likely N-dealkylation sites (tertiary alicyclic amines) is 1. The minimum atomic E-state index is -0.570. The molecule has 0 radical (unpaired) electrons. The largest absolute Gasteiger partial charge is 0.450 e. The smallest absolute Gasteiger partial charge is 0.409 e. The molecule has 3 N–H and O–H groups in total. The van der Waals surface area contributed by atoms with Gasteiger partial charge in [0.2, 0.25) is 0 Å². The van der Waals surface area contributed by atoms with Gasteiger partial charge in [0.15, 0.2) is 0 Å². The highest BCUT2D eigenvalue weighted by Crippen LogP contribution is 2.24. The van der Waals surface area contributed by atoms with E-state index in [0.29, 0.717) is 34.8 Å². The molecule has 1 fully saturated rings. The summed E-state index contributed by atoms with van der Waals surface area (Å²) in [5, 5.41) is 7.37. The quantitative estimate of drug-likeness (QED) is 0.331. The van der Waals surface area contributed by atoms with Crippen molar-refractivity contribution in [2.24, 2.45) is 0 Å². The van der Waals surface area contributed by atoms with Crippen LogP contribution in [0.2, 0.25) is 5.02 Å². The molecule has 3 heterocycles. The van der Waals surface area contributed by atoms with Crippen LogP contribution in [0.4, 0.5) is 4.79 Å². The highest BCUT2D eigenvalue weighted by Gasteiger charge is 2.34. The first-order valence-electron chi connectivity index (χ1n) is 12.9. The average Bonchev–Trinajstić information content (AvgIpc) is 3.34. The van der Waals surface area contributed by atoms with Crippen molar-refractivity contribution in [2.75, 3.05) is 19.7 Å². The Bertz CT molecular complexity index is 1610. The minimum Gasteiger partial charge on any atom is -0.450 e. The van der Waals surface area contributed by atoms with E-state index in [1.165, 1.54) is 15.5 Å². The summed E-state index contributed by atoms with van der Waals surface area (Å²) in [6.45, 7) is 2.49. The lowest BCUT2D eigenvalue weighted by Gasteiger charge is -2.38. The van der Waals surface area contributed by atoms with Gasteiger partial charge in [-0.05, 0) is 55.8 Å². The molecule has 2 aromatic carbocycles. The summed E-state index contributed by atoms with van der Waals surface area (Å²) in [4.78, 5) is 55.5. The summed E-state index contributed by atoms with van der Waals surface area (Å²) >= 11 is 6.16. The number of aromatic amines is 1. The van der Waals surface area contributed by atoms with Crippen molar-refractivity contribution < 1.29 is 19.1 Å². The molecule has 11 heteroatoms. The number of carbonyl (C=O) groups excluding carboxylic acids is 3. The van der Waals surface area contributed by atoms with Crippen LogP contribution in [0.15, 0.2) is 77.9 Å². The topological polar surface area (TPSA) is 126 Å². The van der Waals surface area contributed by atoms with Crippen LogP contribution in [0.1, 0.15) is 34.1 Å². The first kappa shape index (κ1) is 27.0. The van der Waals surface area contributed by atoms with Crippen LogP contribution in [-0.4, -0.2) is 64.1 Å². The lowest BCUT2D eigenvalue weighted by atomic mass is 9.98. The van der Waals surface area contributed by atoms with Crippen molar-refractivity contribution in [3.8, 4) is 5.69 Å². The summed E-state index contributed by atoms with van der Waals surface area (Å²) in [5.41, 5.74) is 2.00. The molecular weight excluding hydrogens is 534 g/mol. The Kier molecular flexibility index (Phi) is 7.88. The molecule has 1 aliphatic rings. The second-order valence-electron chi connectivity index (χ2n) is 9.45. The van der Waals surface area contributed by atoms with Crippen molar-refractivity contribution in [1.82, 2.24) is 25.1 Å². The number of nitrogens with one attached hydrogen (secondary N) is 3. The first-order valence-corrected chi connectivity index (χ1v) is 13.3. The van der Waals surface area contributed by atoms with E-state index in [-0.39, 0.29) is 30.5 Å². The number of amides is 3. The standard InChI is InChI=1S/C29H28ClN5O5/c1-2-40-29(39)34-14-12-23(25(17-34)33-28(38)19-8-11-21-22(30)16-31-24(21)15-19)32-27(37)18-6-9-20(10-7-18)35-13-4-3-5-26(35)36/h3-11,13,15-16,23,25,31H,2,12,14,17H2,1H3,(H,32,37)(H,33,38). The fraction of sp³-hybridized carbons (Fsp3) is 0.241. The molecule has 206 valence electrons. The molecular formula is C29H28ClN5O5. The number of pyridine rings is 1. The molecule has 40 heavy (non-hydrogen) atoms. The highest BCUT2D eigenvalue weighted by atomic mass is 35.5. The molecule has 2 aromatic heterocycles. The molecule has 0 spiro atoms. The van der Waals surface area contributed by atoms with Gasteiger partial charge in [-0.1, -0.05) is 23.7 Å². The molecule has 2 unspecified atom stereocenters. The van der Waals surface area contributed by atoms with E-state index in [9.17, 15) is 19.2 Å². The van der Waals surface area contributed by atoms with Gasteiger partial charge in [-0.25, -0.2) is 4.79 Å². The molecule has 1 aliphatic heterocycles. The predicted octanol–water partition coefficient (Wildman–Crippen LogP) is 3.73. The third-order valence-electron chi connectivity index (χ3n) is 6.90. The van der Waals surface area contributed by atoms with Crippen molar-refractivity contribution in [3.63, 3.8) is 0 Å². The van der Waals surface area contributed by atoms with Crippen LogP contribution in [0, 0.1) is 0 Å². The Balaban J connectivity index is 1.32. The Morgan fingerprint density at radius 2 is 1.73 bits per heavy atom. The summed E-state index contributed by atoms with van der Waals surface area (Å²) in [6, 6.07) is 15.7. The predicted molar refractivity (Wildman–Crippen MR) is 151 cm³/mol. The van der Waals surface area contributed by atoms with Crippen LogP contribution in [0.25, 0.3) is 16.6 Å². The van der Waals surface area contributed by atoms with Gasteiger partial charge in [0.05, 0.1) is 23.7 Å². The zero-order chi connectivity index (χ0) is 28.2. The molecule has 10 nitrogen and oxygen atoms in total. The van der Waals surface area contributed by atoms with Gasteiger partial charge in [0.1, 0.15) is 0 Å². The van der Waals surface area contributed by atoms with Crippen molar-refractivity contribution >= 4 is 40.4 Å². The molecule has 2 atom stereocenters. The zero-order valence-corrected chi connectivity index (χ0v) is 22.5. The van der Waals surface area contributed by atoms with Crippen LogP contribution in [-0.2, 0) is 4.74 Å². The number of nitrogens with zero attached hydrogens (tertiary/aromatic N) is 2. The number of hydrogen-bond acceptors (Lipinski definition) is 5. The summed E-state index contributed by atoms with van der Waals surface area (Å²) < 4.78 is 6.64. The highest BCUT2D eigenvalue weighted by molar-refractivity contribution is 6.35. The number of hydrogen-bond donors (Lipinski definition) is 3. The molecule has 4 aromatic rings. The van der Waals surface area contributed by atoms with Gasteiger partial charge >= 0.3 is 6.09 Å². The van der Waals surface area contributed by atoms with E-state index in [4.69, 9.17) is 16.3 Å². The second kappa shape index (κ2) is 11.7. The summed E-state index contributed by atoms with van der Waals surface area (Å²) in [6.07, 6.45) is 3.26. The fourth-order valence-corrected chi connectivity index (χ4v) is 5.02. The normalized spacial score (nSPS) is 16.9. The van der Waals surface area contributed by atoms with Gasteiger partial charge in [-0.3, -0.25) is 19.0 Å². The number of piperidine rings is 1. The van der Waals surface area contributed by atoms with Gasteiger partial charge in [-0.15, -0.1) is 0 Å². The van der Waals surface area contributed by atoms with Crippen LogP contribution in [0.5, 0.6) is 0 Å². The van der Waals surface area contributed by atoms with Gasteiger partial charge in [0.25, 0.3) is 17.4 Å². The molecule has 5 rings (SSSR count). The number of aromatic nitrogens is 2. The van der Waals surface area contributed by atoms with E-state index in [1.807, 2.05) is 0 Å². The van der Waals surface area contributed by atoms with Crippen LogP contribution >= 0.6 is 11.6 Å². The van der Waals surface area contributed by atoms with E-state index in [1.54, 1.807) is 73.9 Å². The number of benzene rings is 2. The summed E-state index contributed by atoms with van der Waals surface area (Å²) in [5.74, 6) is -0.677. The Morgan fingerprint density at radius 3 is 2.48 bits per heavy atom. The number of carbonyl (C=O) groups is 3. The Morgan fingerprint density at radius 1 is 1.00 bits per heavy atom. The average molecular weight is 562 g/mol. The molecule has 3 amide bonds. The van der Waals surface area contributed by atoms with Crippen molar-refractivity contribution in [3.05, 3.63) is 99.6 Å². The Hall–Kier alpha value is -4.57. The second-order valence-corrected chi connectivity index (χ2v) is 9.85. The van der Waals surface area contributed by atoms with E-state index >= 15 is 0 Å². The van der Waals surface area contributed by atoms with E-state index in [0.717, 1.165) is 10.9 Å². The molecule has 0 saturated carbocycles. The third-order valence-corrected chi connectivity index (χ3v) is 7.21. The van der Waals surface area contributed by atoms with Gasteiger partial charge < -0.3 is 25.3 Å². The lowest BCUT2D eigenvalue weighted by molar-refractivity contribution is 0.0722. The van der Waals surface area contributed by atoms with Crippen molar-refractivity contribution in [2.45, 2.75) is 25.4 Å². The third kappa shape index (κ3) is 5.72. The number of ether oxygens (including phenoxy) is 1. The number of H-pyrrole nitrogens is 1. The lowest BCUT2D eigenvalue weighted by Crippen LogP contribution is -2.61. The van der Waals surface area contributed by atoms with Gasteiger partial charge in [-0.2, -0.15) is 0 Å². The number of fused-ring (bicyclic) bond motifs is 1. The van der Waals surface area contributed by atoms with E-state index < -0.39 is 18.2 Å². The van der Waals surface area contributed by atoms with Gasteiger partial charge in [0, 0.05) is 59.3 Å². The van der Waals surface area contributed by atoms with Crippen molar-refractivity contribution in [1.29, 1.82) is 0 Å². The first-order chi connectivity index (χ1) is 19.3. The SMILES string of the molecule is CCOC(=O)N1CCC(NC(=O)c2ccc(-n3ccccc3=O)cc2)C(NC(=O)c2ccc3c(Cl)c[nH]c3c2)C1. The monoisotopic (exact) mass is 561 g/mol. The molecule has 0 aliphatic carbocycles. The van der Waals surface area contributed by atoms with Crippen LogP contribution in [0.3, 0.4) is 0 Å². The Labute approximate surface area is 234 Å². The molecule has 1 saturated heterocycles. The van der Waals surface area contributed by atoms with E-state index in [2.05, 4.69) is 15.6 Å². The summed E-state index contributed by atoms with van der Waals surface area (Å²) in [7, 11) is 0. The number of halogens is 1. The number of rotatable bonds is 6.